The second-order valence-electron chi connectivity index (χ2n) is 6.19. The van der Waals surface area contributed by atoms with Gasteiger partial charge < -0.3 is 14.5 Å². The molecule has 0 fully saturated rings. The second kappa shape index (κ2) is 9.11. The van der Waals surface area contributed by atoms with Gasteiger partial charge in [-0.25, -0.2) is 4.79 Å². The number of aromatic nitrogens is 2. The molecule has 0 saturated heterocycles. The summed E-state index contributed by atoms with van der Waals surface area (Å²) in [6, 6.07) is 22.4. The Hall–Kier alpha value is -2.83. The first-order valence-corrected chi connectivity index (χ1v) is 8.60. The van der Waals surface area contributed by atoms with E-state index in [2.05, 4.69) is 16.0 Å². The minimum absolute atomic E-state index is 0. The number of rotatable bonds is 4. The third kappa shape index (κ3) is 4.61. The Morgan fingerprint density at radius 2 is 1.72 bits per heavy atom. The topological polar surface area (TPSA) is 92.0 Å². The molecule has 0 spiro atoms. The number of benzene rings is 3. The molecule has 4 rings (SSSR count). The van der Waals surface area contributed by atoms with Gasteiger partial charge in [-0.3, -0.25) is 9.78 Å². The predicted molar refractivity (Wildman–Crippen MR) is 105 cm³/mol. The van der Waals surface area contributed by atoms with E-state index in [0.717, 1.165) is 5.56 Å². The molecule has 6 nitrogen and oxygen atoms in total. The molecule has 1 aromatic heterocycles. The van der Waals surface area contributed by atoms with Gasteiger partial charge in [0.15, 0.2) is 0 Å². The summed E-state index contributed by atoms with van der Waals surface area (Å²) in [6.07, 6.45) is 0. The Balaban J connectivity index is 0.00000240. The fourth-order valence-electron chi connectivity index (χ4n) is 2.98. The van der Waals surface area contributed by atoms with Crippen molar-refractivity contribution in [1.82, 2.24) is 9.97 Å². The van der Waals surface area contributed by atoms with Crippen LogP contribution in [0.25, 0.3) is 22.0 Å². The maximum Gasteiger partial charge on any atom is 0.326 e. The van der Waals surface area contributed by atoms with E-state index >= 15 is 0 Å². The zero-order valence-corrected chi connectivity index (χ0v) is 18.1. The summed E-state index contributed by atoms with van der Waals surface area (Å²) in [5.41, 5.74) is 1.94. The van der Waals surface area contributed by atoms with Gasteiger partial charge in [0.2, 0.25) is 5.97 Å². The molecule has 0 aliphatic carbocycles. The standard InChI is InChI=1S/C22H15N2O4.Y/c25-20-19-17(7-4-8-18(19)23-22(27)24-20)15-9-11-16(12-10-15)21(26)28-13-14-5-2-1-3-6-14;/h1-11H,13H2,(H2,23,24,25,27);/q-1;. The molecule has 0 saturated carbocycles. The van der Waals surface area contributed by atoms with Gasteiger partial charge in [0.1, 0.15) is 6.61 Å². The summed E-state index contributed by atoms with van der Waals surface area (Å²) in [7, 11) is 0. The van der Waals surface area contributed by atoms with E-state index in [-0.39, 0.29) is 39.3 Å². The number of H-pyrrole nitrogens is 2. The average Bonchev–Trinajstić information content (AvgIpc) is 2.72. The number of hydrogen-bond donors (Lipinski definition) is 2. The van der Waals surface area contributed by atoms with Gasteiger partial charge in [0.05, 0.1) is 10.9 Å². The smallest absolute Gasteiger partial charge is 0.326 e. The molecular formula is C22H15N2O4Y-. The van der Waals surface area contributed by atoms with Crippen molar-refractivity contribution in [3.8, 4) is 11.1 Å². The summed E-state index contributed by atoms with van der Waals surface area (Å²) in [4.78, 5) is 40.8. The third-order valence-corrected chi connectivity index (χ3v) is 4.32. The van der Waals surface area contributed by atoms with Gasteiger partial charge in [-0.05, 0) is 17.2 Å². The molecule has 0 bridgehead atoms. The molecule has 0 atom stereocenters. The first kappa shape index (κ1) is 20.9. The van der Waals surface area contributed by atoms with Crippen LogP contribution in [0, 0.1) is 6.07 Å². The van der Waals surface area contributed by atoms with Crippen LogP contribution in [0.3, 0.4) is 0 Å². The summed E-state index contributed by atoms with van der Waals surface area (Å²) in [5.74, 6) is -0.476. The first-order valence-electron chi connectivity index (χ1n) is 8.60. The summed E-state index contributed by atoms with van der Waals surface area (Å²) in [5, 5.41) is 0.370. The van der Waals surface area contributed by atoms with Crippen molar-refractivity contribution in [2.45, 2.75) is 6.61 Å². The fourth-order valence-corrected chi connectivity index (χ4v) is 2.98. The van der Waals surface area contributed by atoms with Crippen molar-refractivity contribution in [2.75, 3.05) is 0 Å². The molecule has 29 heavy (non-hydrogen) atoms. The molecule has 7 heteroatoms. The van der Waals surface area contributed by atoms with Gasteiger partial charge in [-0.15, -0.1) is 24.3 Å². The molecule has 1 radical (unpaired) electrons. The minimum atomic E-state index is -0.558. The van der Waals surface area contributed by atoms with Crippen LogP contribution in [0.1, 0.15) is 15.9 Å². The van der Waals surface area contributed by atoms with Crippen LogP contribution < -0.4 is 11.2 Å². The van der Waals surface area contributed by atoms with Crippen LogP contribution in [-0.2, 0) is 44.1 Å². The van der Waals surface area contributed by atoms with Crippen LogP contribution in [0.15, 0.2) is 76.3 Å². The van der Waals surface area contributed by atoms with Crippen LogP contribution in [0.4, 0.5) is 0 Å². The quantitative estimate of drug-likeness (QED) is 0.362. The molecule has 0 aliphatic rings. The van der Waals surface area contributed by atoms with Crippen LogP contribution in [0.2, 0.25) is 0 Å². The molecular weight excluding hydrogens is 445 g/mol. The molecule has 3 aromatic carbocycles. The van der Waals surface area contributed by atoms with Crippen molar-refractivity contribution in [1.29, 1.82) is 0 Å². The average molecular weight is 460 g/mol. The van der Waals surface area contributed by atoms with E-state index in [1.165, 1.54) is 0 Å². The molecule has 0 aliphatic heterocycles. The van der Waals surface area contributed by atoms with Crippen LogP contribution in [-0.4, -0.2) is 15.9 Å². The van der Waals surface area contributed by atoms with E-state index < -0.39 is 17.2 Å². The van der Waals surface area contributed by atoms with Gasteiger partial charge in [0.25, 0.3) is 5.56 Å². The van der Waals surface area contributed by atoms with E-state index in [1.807, 2.05) is 30.3 Å². The zero-order chi connectivity index (χ0) is 19.5. The number of carbonyl (C=O) groups excluding carboxylic acids is 1. The van der Waals surface area contributed by atoms with E-state index in [4.69, 9.17) is 4.74 Å². The summed E-state index contributed by atoms with van der Waals surface area (Å²) < 4.78 is 5.30. The van der Waals surface area contributed by atoms with Crippen molar-refractivity contribution in [3.63, 3.8) is 0 Å². The molecule has 1 heterocycles. The van der Waals surface area contributed by atoms with Gasteiger partial charge >= 0.3 is 5.69 Å². The molecule has 0 unspecified atom stereocenters. The molecule has 4 aromatic rings. The number of carbonyl (C=O) groups is 1. The predicted octanol–water partition coefficient (Wildman–Crippen LogP) is 3.04. The molecule has 141 valence electrons. The maximum atomic E-state index is 12.2. The van der Waals surface area contributed by atoms with Crippen LogP contribution in [0.5, 0.6) is 0 Å². The van der Waals surface area contributed by atoms with Crippen molar-refractivity contribution in [2.24, 2.45) is 0 Å². The SMILES string of the molecule is O=C(OCc1ccccc1)c1[c-]cc(-c2cccc3[nH]c(=O)[nH]c(=O)c23)cc1.[Y]. The fraction of sp³-hybridized carbons (Fsp3) is 0.0455. The van der Waals surface area contributed by atoms with E-state index in [0.29, 0.717) is 27.6 Å². The summed E-state index contributed by atoms with van der Waals surface area (Å²) in [6.45, 7) is 0.182. The Kier molecular flexibility index (Phi) is 6.57. The normalized spacial score (nSPS) is 10.3. The zero-order valence-electron chi connectivity index (χ0n) is 15.3. The first-order chi connectivity index (χ1) is 13.6. The number of fused-ring (bicyclic) bond motifs is 1. The second-order valence-corrected chi connectivity index (χ2v) is 6.19. The number of nitrogens with one attached hydrogen (secondary N) is 2. The number of hydrogen-bond acceptors (Lipinski definition) is 4. The largest absolute Gasteiger partial charge is 0.500 e. The van der Waals surface area contributed by atoms with E-state index in [9.17, 15) is 14.4 Å². The van der Waals surface area contributed by atoms with Gasteiger partial charge in [0, 0.05) is 32.7 Å². The third-order valence-electron chi connectivity index (χ3n) is 4.32. The maximum absolute atomic E-state index is 12.2. The summed E-state index contributed by atoms with van der Waals surface area (Å²) >= 11 is 0. The van der Waals surface area contributed by atoms with Crippen molar-refractivity contribution < 1.29 is 42.2 Å². The number of ether oxygens (including phenoxy) is 1. The number of esters is 1. The van der Waals surface area contributed by atoms with E-state index in [1.54, 1.807) is 36.4 Å². The number of aromatic amines is 2. The van der Waals surface area contributed by atoms with Crippen LogP contribution >= 0.6 is 0 Å². The van der Waals surface area contributed by atoms with Gasteiger partial charge in [-0.2, -0.15) is 0 Å². The van der Waals surface area contributed by atoms with Gasteiger partial charge in [-0.1, -0.05) is 53.6 Å². The van der Waals surface area contributed by atoms with Crippen molar-refractivity contribution >= 4 is 16.9 Å². The Morgan fingerprint density at radius 1 is 0.931 bits per heavy atom. The monoisotopic (exact) mass is 460 g/mol. The minimum Gasteiger partial charge on any atom is -0.500 e. The van der Waals surface area contributed by atoms with Crippen molar-refractivity contribution in [3.05, 3.63) is 105 Å². The Labute approximate surface area is 190 Å². The Morgan fingerprint density at radius 3 is 2.45 bits per heavy atom. The molecule has 0 amide bonds. The molecule has 2 N–H and O–H groups in total. The Bertz CT molecular complexity index is 1260.